The summed E-state index contributed by atoms with van der Waals surface area (Å²) in [7, 11) is 3.15. The van der Waals surface area contributed by atoms with E-state index in [1.54, 1.807) is 20.3 Å². The van der Waals surface area contributed by atoms with Crippen molar-refractivity contribution in [3.05, 3.63) is 6.07 Å². The summed E-state index contributed by atoms with van der Waals surface area (Å²) in [6.07, 6.45) is 4.41. The van der Waals surface area contributed by atoms with E-state index in [0.29, 0.717) is 24.3 Å². The third-order valence-electron chi connectivity index (χ3n) is 4.10. The van der Waals surface area contributed by atoms with E-state index in [0.717, 1.165) is 18.8 Å². The maximum absolute atomic E-state index is 5.99. The van der Waals surface area contributed by atoms with E-state index in [4.69, 9.17) is 15.2 Å². The van der Waals surface area contributed by atoms with Crippen molar-refractivity contribution in [1.29, 1.82) is 0 Å². The predicted octanol–water partition coefficient (Wildman–Crippen LogP) is 1.81. The van der Waals surface area contributed by atoms with E-state index in [-0.39, 0.29) is 5.54 Å². The molecule has 1 fully saturated rings. The second-order valence-electron chi connectivity index (χ2n) is 5.57. The minimum atomic E-state index is -0.121. The Balaban J connectivity index is 2.18. The molecular weight excluding hydrogens is 256 g/mol. The molecule has 0 saturated heterocycles. The van der Waals surface area contributed by atoms with Crippen LogP contribution in [-0.4, -0.2) is 36.3 Å². The monoisotopic (exact) mass is 280 g/mol. The fourth-order valence-corrected chi connectivity index (χ4v) is 2.60. The molecule has 2 rings (SSSR count). The van der Waals surface area contributed by atoms with Gasteiger partial charge >= 0.3 is 0 Å². The minimum absolute atomic E-state index is 0.121. The zero-order valence-corrected chi connectivity index (χ0v) is 12.5. The maximum atomic E-state index is 5.99. The quantitative estimate of drug-likeness (QED) is 0.856. The van der Waals surface area contributed by atoms with Gasteiger partial charge in [0, 0.05) is 6.54 Å². The molecule has 0 spiro atoms. The fraction of sp³-hybridized carbons (Fsp3) is 0.714. The molecule has 20 heavy (non-hydrogen) atoms. The van der Waals surface area contributed by atoms with Crippen molar-refractivity contribution in [3.8, 4) is 11.8 Å². The summed E-state index contributed by atoms with van der Waals surface area (Å²) in [5.74, 6) is 2.24. The van der Waals surface area contributed by atoms with Gasteiger partial charge < -0.3 is 20.5 Å². The van der Waals surface area contributed by atoms with Crippen LogP contribution in [0.3, 0.4) is 0 Å². The van der Waals surface area contributed by atoms with Crippen LogP contribution in [0.2, 0.25) is 0 Å². The van der Waals surface area contributed by atoms with Crippen LogP contribution in [0.25, 0.3) is 0 Å². The van der Waals surface area contributed by atoms with Gasteiger partial charge in [0.25, 0.3) is 0 Å². The molecule has 0 aromatic carbocycles. The highest BCUT2D eigenvalue weighted by Crippen LogP contribution is 2.33. The fourth-order valence-electron chi connectivity index (χ4n) is 2.60. The number of nitrogens with one attached hydrogen (secondary N) is 1. The average molecular weight is 280 g/mol. The molecule has 6 nitrogen and oxygen atoms in total. The lowest BCUT2D eigenvalue weighted by atomic mass is 9.77. The Kier molecular flexibility index (Phi) is 4.65. The van der Waals surface area contributed by atoms with Crippen LogP contribution in [0.5, 0.6) is 11.8 Å². The van der Waals surface area contributed by atoms with Crippen molar-refractivity contribution in [3.63, 3.8) is 0 Å². The highest BCUT2D eigenvalue weighted by molar-refractivity contribution is 5.36. The first-order chi connectivity index (χ1) is 9.60. The number of nitrogens with two attached hydrogens (primary N) is 1. The second kappa shape index (κ2) is 6.26. The summed E-state index contributed by atoms with van der Waals surface area (Å²) in [5.41, 5.74) is 5.87. The van der Waals surface area contributed by atoms with Crippen molar-refractivity contribution >= 4 is 5.95 Å². The van der Waals surface area contributed by atoms with Crippen molar-refractivity contribution in [2.75, 3.05) is 26.1 Å². The Morgan fingerprint density at radius 1 is 1.25 bits per heavy atom. The number of anilines is 1. The zero-order chi connectivity index (χ0) is 14.6. The summed E-state index contributed by atoms with van der Waals surface area (Å²) in [6.45, 7) is 2.86. The Hall–Kier alpha value is -1.56. The molecule has 1 aromatic heterocycles. The molecule has 1 aliphatic rings. The predicted molar refractivity (Wildman–Crippen MR) is 78.2 cm³/mol. The highest BCUT2D eigenvalue weighted by Gasteiger charge is 2.33. The number of rotatable bonds is 5. The van der Waals surface area contributed by atoms with Crippen molar-refractivity contribution in [2.24, 2.45) is 11.7 Å². The van der Waals surface area contributed by atoms with Gasteiger partial charge in [0.2, 0.25) is 17.7 Å². The lowest BCUT2D eigenvalue weighted by molar-refractivity contribution is 0.270. The molecule has 0 bridgehead atoms. The van der Waals surface area contributed by atoms with E-state index < -0.39 is 0 Å². The lowest BCUT2D eigenvalue weighted by Gasteiger charge is -2.39. The van der Waals surface area contributed by atoms with Crippen LogP contribution >= 0.6 is 0 Å². The normalized spacial score (nSPS) is 26.1. The number of nitrogens with zero attached hydrogens (tertiary/aromatic N) is 2. The third-order valence-corrected chi connectivity index (χ3v) is 4.10. The van der Waals surface area contributed by atoms with Gasteiger partial charge in [-0.1, -0.05) is 6.92 Å². The van der Waals surface area contributed by atoms with Crippen LogP contribution in [0.15, 0.2) is 6.07 Å². The first-order valence-electron chi connectivity index (χ1n) is 7.06. The molecular formula is C14H24N4O2. The van der Waals surface area contributed by atoms with Gasteiger partial charge in [-0.15, -0.1) is 0 Å². The topological polar surface area (TPSA) is 82.3 Å². The molecule has 1 heterocycles. The van der Waals surface area contributed by atoms with Crippen molar-refractivity contribution in [2.45, 2.75) is 38.1 Å². The molecule has 1 saturated carbocycles. The maximum Gasteiger partial charge on any atom is 0.229 e. The van der Waals surface area contributed by atoms with Gasteiger partial charge in [0.15, 0.2) is 0 Å². The first-order valence-corrected chi connectivity index (χ1v) is 7.06. The number of hydrogen-bond donors (Lipinski definition) is 2. The zero-order valence-electron chi connectivity index (χ0n) is 12.5. The van der Waals surface area contributed by atoms with Crippen LogP contribution in [0, 0.1) is 5.92 Å². The first kappa shape index (κ1) is 14.8. The molecule has 0 amide bonds. The Morgan fingerprint density at radius 3 is 2.25 bits per heavy atom. The van der Waals surface area contributed by atoms with Crippen LogP contribution in [0.1, 0.15) is 32.6 Å². The summed E-state index contributed by atoms with van der Waals surface area (Å²) in [5, 5.41) is 3.41. The molecule has 1 aromatic rings. The van der Waals surface area contributed by atoms with Gasteiger partial charge in [-0.05, 0) is 31.6 Å². The molecule has 6 heteroatoms. The van der Waals surface area contributed by atoms with Crippen LogP contribution < -0.4 is 20.5 Å². The second-order valence-corrected chi connectivity index (χ2v) is 5.57. The standard InChI is InChI=1S/C14H24N4O2/c1-10-4-6-14(9-15,7-5-10)18-13-16-11(19-2)8-12(17-13)20-3/h8,10H,4-7,9,15H2,1-3H3,(H,16,17,18). The van der Waals surface area contributed by atoms with E-state index in [2.05, 4.69) is 22.2 Å². The van der Waals surface area contributed by atoms with Crippen LogP contribution in [0.4, 0.5) is 5.95 Å². The Labute approximate surface area is 120 Å². The van der Waals surface area contributed by atoms with Crippen molar-refractivity contribution in [1.82, 2.24) is 9.97 Å². The Bertz CT molecular complexity index is 423. The third kappa shape index (κ3) is 3.30. The number of ether oxygens (including phenoxy) is 2. The van der Waals surface area contributed by atoms with E-state index in [1.165, 1.54) is 12.8 Å². The summed E-state index contributed by atoms with van der Waals surface area (Å²) < 4.78 is 10.3. The smallest absolute Gasteiger partial charge is 0.229 e. The Morgan fingerprint density at radius 2 is 1.80 bits per heavy atom. The van der Waals surface area contributed by atoms with Gasteiger partial charge in [-0.3, -0.25) is 0 Å². The largest absolute Gasteiger partial charge is 0.481 e. The number of hydrogen-bond acceptors (Lipinski definition) is 6. The van der Waals surface area contributed by atoms with E-state index in [1.807, 2.05) is 0 Å². The van der Waals surface area contributed by atoms with Gasteiger partial charge in [0.1, 0.15) is 0 Å². The highest BCUT2D eigenvalue weighted by atomic mass is 16.5. The van der Waals surface area contributed by atoms with Crippen molar-refractivity contribution < 1.29 is 9.47 Å². The number of methoxy groups -OCH3 is 2. The molecule has 0 unspecified atom stereocenters. The van der Waals surface area contributed by atoms with E-state index in [9.17, 15) is 0 Å². The lowest BCUT2D eigenvalue weighted by Crippen LogP contribution is -2.48. The number of aromatic nitrogens is 2. The molecule has 1 aliphatic carbocycles. The summed E-state index contributed by atoms with van der Waals surface area (Å²) >= 11 is 0. The van der Waals surface area contributed by atoms with Crippen LogP contribution in [-0.2, 0) is 0 Å². The molecule has 0 aliphatic heterocycles. The SMILES string of the molecule is COc1cc(OC)nc(NC2(CN)CCC(C)CC2)n1. The molecule has 112 valence electrons. The summed E-state index contributed by atoms with van der Waals surface area (Å²) in [6, 6.07) is 1.66. The van der Waals surface area contributed by atoms with Gasteiger partial charge in [-0.25, -0.2) is 0 Å². The molecule has 0 atom stereocenters. The van der Waals surface area contributed by atoms with E-state index >= 15 is 0 Å². The van der Waals surface area contributed by atoms with Gasteiger partial charge in [-0.2, -0.15) is 9.97 Å². The minimum Gasteiger partial charge on any atom is -0.481 e. The molecule has 3 N–H and O–H groups in total. The molecule has 0 radical (unpaired) electrons. The summed E-state index contributed by atoms with van der Waals surface area (Å²) in [4.78, 5) is 8.65. The van der Waals surface area contributed by atoms with Gasteiger partial charge in [0.05, 0.1) is 25.8 Å². The average Bonchev–Trinajstić information content (AvgIpc) is 2.49.